The fourth-order valence-corrected chi connectivity index (χ4v) is 4.40. The van der Waals surface area contributed by atoms with Crippen LogP contribution in [0.2, 0.25) is 0 Å². The van der Waals surface area contributed by atoms with Gasteiger partial charge in [0.15, 0.2) is 0 Å². The van der Waals surface area contributed by atoms with Crippen molar-refractivity contribution in [3.05, 3.63) is 64.7 Å². The van der Waals surface area contributed by atoms with Crippen molar-refractivity contribution in [1.29, 1.82) is 0 Å². The van der Waals surface area contributed by atoms with Gasteiger partial charge in [-0.1, -0.05) is 30.3 Å². The zero-order valence-corrected chi connectivity index (χ0v) is 16.8. The third-order valence-corrected chi connectivity index (χ3v) is 6.31. The maximum absolute atomic E-state index is 12.7. The maximum Gasteiger partial charge on any atom is 0.241 e. The molecule has 0 heterocycles. The van der Waals surface area contributed by atoms with Gasteiger partial charge in [-0.25, -0.2) is 8.42 Å². The Balaban J connectivity index is 1.79. The van der Waals surface area contributed by atoms with E-state index in [0.29, 0.717) is 5.69 Å². The molecule has 2 aromatic carbocycles. The summed E-state index contributed by atoms with van der Waals surface area (Å²) in [5.41, 5.74) is 4.97. The highest BCUT2D eigenvalue weighted by Crippen LogP contribution is 2.29. The Morgan fingerprint density at radius 3 is 2.59 bits per heavy atom. The first kappa shape index (κ1) is 19.4. The Morgan fingerprint density at radius 2 is 1.89 bits per heavy atom. The lowest BCUT2D eigenvalue weighted by Gasteiger charge is -2.28. The van der Waals surface area contributed by atoms with Crippen molar-refractivity contribution in [2.75, 3.05) is 17.1 Å². The summed E-state index contributed by atoms with van der Waals surface area (Å²) >= 11 is 0. The largest absolute Gasteiger partial charge is 0.348 e. The minimum absolute atomic E-state index is 0.0661. The number of nitrogens with zero attached hydrogens (tertiary/aromatic N) is 1. The smallest absolute Gasteiger partial charge is 0.241 e. The van der Waals surface area contributed by atoms with E-state index in [-0.39, 0.29) is 18.5 Å². The highest BCUT2D eigenvalue weighted by molar-refractivity contribution is 7.92. The second-order valence-electron chi connectivity index (χ2n) is 7.25. The second-order valence-corrected chi connectivity index (χ2v) is 9.16. The van der Waals surface area contributed by atoms with E-state index >= 15 is 0 Å². The molecule has 2 aromatic rings. The van der Waals surface area contributed by atoms with E-state index in [9.17, 15) is 13.2 Å². The zero-order valence-electron chi connectivity index (χ0n) is 16.0. The molecule has 0 aromatic heterocycles. The Labute approximate surface area is 161 Å². The van der Waals surface area contributed by atoms with Gasteiger partial charge in [0.05, 0.1) is 18.0 Å². The number of carbonyl (C=O) groups is 1. The first-order chi connectivity index (χ1) is 12.8. The van der Waals surface area contributed by atoms with Gasteiger partial charge in [-0.15, -0.1) is 0 Å². The van der Waals surface area contributed by atoms with Crippen LogP contribution in [0.15, 0.2) is 42.5 Å². The van der Waals surface area contributed by atoms with Gasteiger partial charge in [0.2, 0.25) is 15.9 Å². The molecule has 0 bridgehead atoms. The molecule has 0 radical (unpaired) electrons. The van der Waals surface area contributed by atoms with Crippen LogP contribution in [0.5, 0.6) is 0 Å². The van der Waals surface area contributed by atoms with Crippen molar-refractivity contribution in [1.82, 2.24) is 5.32 Å². The number of hydrogen-bond acceptors (Lipinski definition) is 3. The van der Waals surface area contributed by atoms with E-state index < -0.39 is 10.0 Å². The minimum atomic E-state index is -3.57. The molecule has 144 valence electrons. The molecular formula is C21H26N2O3S. The van der Waals surface area contributed by atoms with Crippen molar-refractivity contribution in [3.63, 3.8) is 0 Å². The summed E-state index contributed by atoms with van der Waals surface area (Å²) in [5.74, 6) is -0.291. The van der Waals surface area contributed by atoms with E-state index in [1.807, 2.05) is 38.1 Å². The standard InChI is InChI=1S/C21H26N2O3S/c1-15-11-12-18(13-16(15)2)23(27(3,25)26)14-21(24)22-20-10-6-8-17-7-4-5-9-19(17)20/h4-5,7,9,11-13,20H,6,8,10,14H2,1-3H3,(H,22,24)/t20-/m1/s1. The summed E-state index contributed by atoms with van der Waals surface area (Å²) in [6.45, 7) is 3.68. The first-order valence-electron chi connectivity index (χ1n) is 9.18. The number of amides is 1. The number of hydrogen-bond donors (Lipinski definition) is 1. The summed E-state index contributed by atoms with van der Waals surface area (Å²) in [7, 11) is -3.57. The number of sulfonamides is 1. The molecule has 0 spiro atoms. The molecule has 27 heavy (non-hydrogen) atoms. The number of aryl methyl sites for hydroxylation is 3. The first-order valence-corrected chi connectivity index (χ1v) is 11.0. The van der Waals surface area contributed by atoms with E-state index in [2.05, 4.69) is 11.4 Å². The van der Waals surface area contributed by atoms with Crippen molar-refractivity contribution in [2.45, 2.75) is 39.2 Å². The van der Waals surface area contributed by atoms with Crippen LogP contribution >= 0.6 is 0 Å². The van der Waals surface area contributed by atoms with Crippen molar-refractivity contribution in [2.24, 2.45) is 0 Å². The normalized spacial score (nSPS) is 16.5. The Morgan fingerprint density at radius 1 is 1.15 bits per heavy atom. The van der Waals surface area contributed by atoms with Gasteiger partial charge in [0.1, 0.15) is 6.54 Å². The van der Waals surface area contributed by atoms with Crippen LogP contribution in [0.25, 0.3) is 0 Å². The van der Waals surface area contributed by atoms with Crippen LogP contribution in [0.3, 0.4) is 0 Å². The molecule has 1 N–H and O–H groups in total. The topological polar surface area (TPSA) is 66.5 Å². The highest BCUT2D eigenvalue weighted by atomic mass is 32.2. The van der Waals surface area contributed by atoms with E-state index in [0.717, 1.165) is 42.2 Å². The van der Waals surface area contributed by atoms with Gasteiger partial charge < -0.3 is 5.32 Å². The number of carbonyl (C=O) groups excluding carboxylic acids is 1. The van der Waals surface area contributed by atoms with Gasteiger partial charge in [-0.05, 0) is 67.5 Å². The molecule has 0 aliphatic heterocycles. The molecular weight excluding hydrogens is 360 g/mol. The predicted octanol–water partition coefficient (Wildman–Crippen LogP) is 3.26. The predicted molar refractivity (Wildman–Crippen MR) is 108 cm³/mol. The average molecular weight is 387 g/mol. The van der Waals surface area contributed by atoms with Crippen LogP contribution in [-0.4, -0.2) is 27.1 Å². The van der Waals surface area contributed by atoms with Gasteiger partial charge in [0.25, 0.3) is 0 Å². The molecule has 6 heteroatoms. The Kier molecular flexibility index (Phi) is 5.56. The van der Waals surface area contributed by atoms with Crippen LogP contribution in [-0.2, 0) is 21.2 Å². The fourth-order valence-electron chi connectivity index (χ4n) is 3.56. The summed E-state index contributed by atoms with van der Waals surface area (Å²) in [5, 5.41) is 3.03. The molecule has 0 saturated heterocycles. The summed E-state index contributed by atoms with van der Waals surface area (Å²) < 4.78 is 25.8. The summed E-state index contributed by atoms with van der Waals surface area (Å²) in [4.78, 5) is 12.7. The third kappa shape index (κ3) is 4.50. The molecule has 0 fully saturated rings. The molecule has 3 rings (SSSR count). The molecule has 1 aliphatic carbocycles. The monoisotopic (exact) mass is 386 g/mol. The number of benzene rings is 2. The summed E-state index contributed by atoms with van der Waals surface area (Å²) in [6, 6.07) is 13.5. The summed E-state index contributed by atoms with van der Waals surface area (Å²) in [6.07, 6.45) is 4.02. The van der Waals surface area contributed by atoms with Gasteiger partial charge in [0, 0.05) is 0 Å². The molecule has 0 saturated carbocycles. The fraction of sp³-hybridized carbons (Fsp3) is 0.381. The van der Waals surface area contributed by atoms with E-state index in [1.165, 1.54) is 9.87 Å². The van der Waals surface area contributed by atoms with Crippen molar-refractivity contribution < 1.29 is 13.2 Å². The lowest BCUT2D eigenvalue weighted by molar-refractivity contribution is -0.120. The minimum Gasteiger partial charge on any atom is -0.348 e. The molecule has 1 aliphatic rings. The van der Waals surface area contributed by atoms with Crippen molar-refractivity contribution in [3.8, 4) is 0 Å². The second kappa shape index (κ2) is 7.72. The number of fused-ring (bicyclic) bond motifs is 1. The van der Waals surface area contributed by atoms with Gasteiger partial charge in [-0.2, -0.15) is 0 Å². The van der Waals surface area contributed by atoms with Crippen LogP contribution in [0.4, 0.5) is 5.69 Å². The van der Waals surface area contributed by atoms with Crippen molar-refractivity contribution >= 4 is 21.6 Å². The molecule has 1 atom stereocenters. The molecule has 5 nitrogen and oxygen atoms in total. The lowest BCUT2D eigenvalue weighted by Crippen LogP contribution is -2.42. The lowest BCUT2D eigenvalue weighted by atomic mass is 9.88. The average Bonchev–Trinajstić information content (AvgIpc) is 2.61. The number of rotatable bonds is 5. The van der Waals surface area contributed by atoms with E-state index in [4.69, 9.17) is 0 Å². The zero-order chi connectivity index (χ0) is 19.6. The van der Waals surface area contributed by atoms with Gasteiger partial charge in [-0.3, -0.25) is 9.10 Å². The maximum atomic E-state index is 12.7. The molecule has 0 unspecified atom stereocenters. The van der Waals surface area contributed by atoms with Crippen LogP contribution in [0, 0.1) is 13.8 Å². The third-order valence-electron chi connectivity index (χ3n) is 5.17. The SMILES string of the molecule is Cc1ccc(N(CC(=O)N[C@@H]2CCCc3ccccc32)S(C)(=O)=O)cc1C. The van der Waals surface area contributed by atoms with Crippen LogP contribution in [0.1, 0.15) is 41.1 Å². The van der Waals surface area contributed by atoms with E-state index in [1.54, 1.807) is 12.1 Å². The molecule has 1 amide bonds. The quantitative estimate of drug-likeness (QED) is 0.858. The number of nitrogens with one attached hydrogen (secondary N) is 1. The van der Waals surface area contributed by atoms with Crippen LogP contribution < -0.4 is 9.62 Å². The Bertz CT molecular complexity index is 954. The van der Waals surface area contributed by atoms with Gasteiger partial charge >= 0.3 is 0 Å². The number of anilines is 1. The Hall–Kier alpha value is -2.34. The highest BCUT2D eigenvalue weighted by Gasteiger charge is 2.25.